The molecule has 5 heteroatoms. The van der Waals surface area contributed by atoms with Crippen molar-refractivity contribution in [3.8, 4) is 0 Å². The lowest BCUT2D eigenvalue weighted by atomic mass is 10.1. The molecule has 1 heterocycles. The summed E-state index contributed by atoms with van der Waals surface area (Å²) in [4.78, 5) is 24.1. The van der Waals surface area contributed by atoms with E-state index in [1.165, 1.54) is 11.1 Å². The van der Waals surface area contributed by atoms with E-state index in [9.17, 15) is 9.59 Å². The van der Waals surface area contributed by atoms with Crippen molar-refractivity contribution in [1.29, 1.82) is 0 Å². The fourth-order valence-electron chi connectivity index (χ4n) is 2.82. The summed E-state index contributed by atoms with van der Waals surface area (Å²) in [5, 5.41) is 0. The molecule has 1 aromatic carbocycles. The standard InChI is InChI=1S/C17H18N2O3/c1-10-8-15(11(2)22-10)17(21)19-18-16(20)14-7-6-12-4-3-5-13(12)9-14/h6-9H,3-5H2,1-2H3,(H,18,20)(H,19,21). The summed E-state index contributed by atoms with van der Waals surface area (Å²) >= 11 is 0. The maximum Gasteiger partial charge on any atom is 0.273 e. The molecule has 1 aliphatic rings. The average Bonchev–Trinajstić information content (AvgIpc) is 3.09. The predicted octanol–water partition coefficient (Wildman–Crippen LogP) is 2.46. The number of nitrogens with one attached hydrogen (secondary N) is 2. The van der Waals surface area contributed by atoms with E-state index in [-0.39, 0.29) is 11.8 Å². The van der Waals surface area contributed by atoms with Gasteiger partial charge >= 0.3 is 0 Å². The molecule has 0 atom stereocenters. The van der Waals surface area contributed by atoms with Crippen LogP contribution in [0.3, 0.4) is 0 Å². The van der Waals surface area contributed by atoms with Gasteiger partial charge in [-0.05, 0) is 62.4 Å². The van der Waals surface area contributed by atoms with Crippen LogP contribution in [0.15, 0.2) is 28.7 Å². The van der Waals surface area contributed by atoms with Gasteiger partial charge in [0.25, 0.3) is 11.8 Å². The Morgan fingerprint density at radius 3 is 2.45 bits per heavy atom. The molecular formula is C17H18N2O3. The molecule has 1 aromatic heterocycles. The largest absolute Gasteiger partial charge is 0.466 e. The Bertz CT molecular complexity index is 746. The van der Waals surface area contributed by atoms with E-state index in [1.54, 1.807) is 26.0 Å². The number of carbonyl (C=O) groups excluding carboxylic acids is 2. The molecule has 0 aliphatic heterocycles. The summed E-state index contributed by atoms with van der Waals surface area (Å²) in [5.74, 6) is 0.485. The van der Waals surface area contributed by atoms with Gasteiger partial charge in [-0.15, -0.1) is 0 Å². The van der Waals surface area contributed by atoms with Gasteiger partial charge in [-0.3, -0.25) is 20.4 Å². The molecule has 2 amide bonds. The maximum atomic E-state index is 12.1. The predicted molar refractivity (Wildman–Crippen MR) is 81.6 cm³/mol. The summed E-state index contributed by atoms with van der Waals surface area (Å²) in [6, 6.07) is 7.32. The quantitative estimate of drug-likeness (QED) is 0.837. The number of hydrazine groups is 1. The highest BCUT2D eigenvalue weighted by atomic mass is 16.3. The molecule has 5 nitrogen and oxygen atoms in total. The fraction of sp³-hybridized carbons (Fsp3) is 0.294. The number of aryl methyl sites for hydroxylation is 4. The number of fused-ring (bicyclic) bond motifs is 1. The van der Waals surface area contributed by atoms with Gasteiger partial charge in [0, 0.05) is 5.56 Å². The molecule has 2 N–H and O–H groups in total. The molecule has 1 aliphatic carbocycles. The van der Waals surface area contributed by atoms with Crippen molar-refractivity contribution < 1.29 is 14.0 Å². The van der Waals surface area contributed by atoms with E-state index in [2.05, 4.69) is 10.9 Å². The highest BCUT2D eigenvalue weighted by Crippen LogP contribution is 2.22. The van der Waals surface area contributed by atoms with Crippen molar-refractivity contribution in [1.82, 2.24) is 10.9 Å². The van der Waals surface area contributed by atoms with E-state index in [1.807, 2.05) is 12.1 Å². The fourth-order valence-corrected chi connectivity index (χ4v) is 2.82. The molecule has 0 saturated heterocycles. The number of carbonyl (C=O) groups is 2. The molecule has 114 valence electrons. The van der Waals surface area contributed by atoms with Crippen molar-refractivity contribution in [2.75, 3.05) is 0 Å². The number of hydrogen-bond donors (Lipinski definition) is 2. The first-order valence-corrected chi connectivity index (χ1v) is 7.34. The van der Waals surface area contributed by atoms with Gasteiger partial charge in [0.05, 0.1) is 5.56 Å². The van der Waals surface area contributed by atoms with Crippen LogP contribution in [0.1, 0.15) is 49.8 Å². The van der Waals surface area contributed by atoms with Crippen LogP contribution in [0.5, 0.6) is 0 Å². The highest BCUT2D eigenvalue weighted by molar-refractivity contribution is 5.99. The number of benzene rings is 1. The Labute approximate surface area is 128 Å². The van der Waals surface area contributed by atoms with Crippen molar-refractivity contribution >= 4 is 11.8 Å². The number of amides is 2. The topological polar surface area (TPSA) is 71.3 Å². The lowest BCUT2D eigenvalue weighted by Gasteiger charge is -2.08. The molecule has 0 unspecified atom stereocenters. The number of rotatable bonds is 2. The van der Waals surface area contributed by atoms with E-state index in [0.717, 1.165) is 19.3 Å². The smallest absolute Gasteiger partial charge is 0.273 e. The third-order valence-electron chi connectivity index (χ3n) is 3.94. The van der Waals surface area contributed by atoms with Gasteiger partial charge in [0.2, 0.25) is 0 Å². The Kier molecular flexibility index (Phi) is 3.71. The van der Waals surface area contributed by atoms with Crippen LogP contribution >= 0.6 is 0 Å². The Balaban J connectivity index is 1.65. The monoisotopic (exact) mass is 298 g/mol. The minimum Gasteiger partial charge on any atom is -0.466 e. The average molecular weight is 298 g/mol. The van der Waals surface area contributed by atoms with Gasteiger partial charge in [-0.1, -0.05) is 6.07 Å². The Hall–Kier alpha value is -2.56. The molecule has 0 saturated carbocycles. The molecule has 0 fully saturated rings. The zero-order chi connectivity index (χ0) is 15.7. The molecule has 2 aromatic rings. The third kappa shape index (κ3) is 2.74. The van der Waals surface area contributed by atoms with E-state index in [0.29, 0.717) is 22.6 Å². The minimum atomic E-state index is -0.385. The van der Waals surface area contributed by atoms with E-state index < -0.39 is 0 Å². The van der Waals surface area contributed by atoms with Gasteiger partial charge in [0.1, 0.15) is 11.5 Å². The van der Waals surface area contributed by atoms with Gasteiger partial charge < -0.3 is 4.42 Å². The van der Waals surface area contributed by atoms with Crippen LogP contribution in [0, 0.1) is 13.8 Å². The van der Waals surface area contributed by atoms with Crippen molar-refractivity contribution in [2.24, 2.45) is 0 Å². The van der Waals surface area contributed by atoms with E-state index in [4.69, 9.17) is 4.42 Å². The van der Waals surface area contributed by atoms with Crippen LogP contribution in [-0.2, 0) is 12.8 Å². The first kappa shape index (κ1) is 14.4. The first-order valence-electron chi connectivity index (χ1n) is 7.34. The summed E-state index contributed by atoms with van der Waals surface area (Å²) in [7, 11) is 0. The first-order chi connectivity index (χ1) is 10.5. The second kappa shape index (κ2) is 5.67. The second-order valence-electron chi connectivity index (χ2n) is 5.57. The van der Waals surface area contributed by atoms with Crippen LogP contribution in [0.4, 0.5) is 0 Å². The van der Waals surface area contributed by atoms with Gasteiger partial charge in [-0.25, -0.2) is 0 Å². The third-order valence-corrected chi connectivity index (χ3v) is 3.94. The summed E-state index contributed by atoms with van der Waals surface area (Å²) in [6.45, 7) is 3.48. The van der Waals surface area contributed by atoms with Crippen molar-refractivity contribution in [3.63, 3.8) is 0 Å². The van der Waals surface area contributed by atoms with Gasteiger partial charge in [0.15, 0.2) is 0 Å². The van der Waals surface area contributed by atoms with Crippen LogP contribution < -0.4 is 10.9 Å². The molecule has 0 spiro atoms. The SMILES string of the molecule is Cc1cc(C(=O)NNC(=O)c2ccc3c(c2)CCC3)c(C)o1. The molecule has 22 heavy (non-hydrogen) atoms. The van der Waals surface area contributed by atoms with Crippen molar-refractivity contribution in [2.45, 2.75) is 33.1 Å². The molecule has 3 rings (SSSR count). The number of hydrogen-bond acceptors (Lipinski definition) is 3. The summed E-state index contributed by atoms with van der Waals surface area (Å²) in [6.07, 6.45) is 3.22. The highest BCUT2D eigenvalue weighted by Gasteiger charge is 2.16. The molecule has 0 bridgehead atoms. The normalized spacial score (nSPS) is 12.8. The van der Waals surface area contributed by atoms with Crippen molar-refractivity contribution in [3.05, 3.63) is 58.0 Å². The zero-order valence-electron chi connectivity index (χ0n) is 12.7. The molecule has 0 radical (unpaired) electrons. The second-order valence-corrected chi connectivity index (χ2v) is 5.57. The molecular weight excluding hydrogens is 280 g/mol. The van der Waals surface area contributed by atoms with Crippen LogP contribution in [-0.4, -0.2) is 11.8 Å². The number of furan rings is 1. The lowest BCUT2D eigenvalue weighted by Crippen LogP contribution is -2.41. The zero-order valence-corrected chi connectivity index (χ0v) is 12.7. The Morgan fingerprint density at radius 1 is 1.00 bits per heavy atom. The lowest BCUT2D eigenvalue weighted by molar-refractivity contribution is 0.0845. The minimum absolute atomic E-state index is 0.319. The van der Waals surface area contributed by atoms with Crippen LogP contribution in [0.25, 0.3) is 0 Å². The van der Waals surface area contributed by atoms with Crippen LogP contribution in [0.2, 0.25) is 0 Å². The van der Waals surface area contributed by atoms with E-state index >= 15 is 0 Å². The van der Waals surface area contributed by atoms with Gasteiger partial charge in [-0.2, -0.15) is 0 Å². The summed E-state index contributed by atoms with van der Waals surface area (Å²) in [5.41, 5.74) is 8.38. The Morgan fingerprint density at radius 2 is 1.73 bits per heavy atom. The summed E-state index contributed by atoms with van der Waals surface area (Å²) < 4.78 is 5.30. The maximum absolute atomic E-state index is 12.1.